The van der Waals surface area contributed by atoms with Crippen LogP contribution in [0.15, 0.2) is 40.6 Å². The number of halogens is 1. The first-order valence-electron chi connectivity index (χ1n) is 5.80. The zero-order chi connectivity index (χ0) is 13.2. The van der Waals surface area contributed by atoms with Gasteiger partial charge < -0.3 is 5.32 Å². The maximum atomic E-state index is 4.39. The van der Waals surface area contributed by atoms with Crippen LogP contribution in [0, 0.1) is 0 Å². The van der Waals surface area contributed by atoms with Crippen LogP contribution in [-0.4, -0.2) is 15.0 Å². The van der Waals surface area contributed by atoms with E-state index in [0.717, 1.165) is 26.2 Å². The first-order chi connectivity index (χ1) is 9.24. The molecular weight excluding hydrogens is 324 g/mol. The molecule has 19 heavy (non-hydrogen) atoms. The monoisotopic (exact) mass is 334 g/mol. The minimum Gasteiger partial charge on any atom is -0.361 e. The minimum absolute atomic E-state index is 0.0890. The molecule has 0 aliphatic rings. The van der Waals surface area contributed by atoms with Crippen LogP contribution >= 0.6 is 27.3 Å². The van der Waals surface area contributed by atoms with E-state index in [9.17, 15) is 0 Å². The topological polar surface area (TPSA) is 50.7 Å². The minimum atomic E-state index is 0.0890. The normalized spacial score (nSPS) is 12.5. The Balaban J connectivity index is 1.88. The van der Waals surface area contributed by atoms with Crippen LogP contribution in [-0.2, 0) is 0 Å². The molecule has 3 rings (SSSR count). The molecule has 0 saturated carbocycles. The fraction of sp³-hybridized carbons (Fsp3) is 0.154. The molecule has 0 aliphatic heterocycles. The van der Waals surface area contributed by atoms with Crippen LogP contribution in [0.25, 0.3) is 10.2 Å². The Labute approximate surface area is 123 Å². The predicted octanol–water partition coefficient (Wildman–Crippen LogP) is 4.02. The van der Waals surface area contributed by atoms with E-state index in [1.54, 1.807) is 23.9 Å². The third kappa shape index (κ3) is 2.59. The van der Waals surface area contributed by atoms with E-state index in [2.05, 4.69) is 43.1 Å². The summed E-state index contributed by atoms with van der Waals surface area (Å²) in [4.78, 5) is 13.9. The zero-order valence-corrected chi connectivity index (χ0v) is 12.6. The van der Waals surface area contributed by atoms with E-state index in [-0.39, 0.29) is 6.04 Å². The molecular formula is C13H11BrN4S. The van der Waals surface area contributed by atoms with Gasteiger partial charge in [0.1, 0.15) is 17.0 Å². The van der Waals surface area contributed by atoms with Crippen LogP contribution < -0.4 is 5.32 Å². The standard InChI is InChI=1S/C13H11BrN4S/c1-8(11-3-2-9(14)6-15-11)18-12-10-4-5-19-13(10)17-7-16-12/h2-8H,1H3,(H,16,17,18). The third-order valence-electron chi connectivity index (χ3n) is 2.81. The molecule has 3 aromatic heterocycles. The molecule has 1 unspecified atom stereocenters. The van der Waals surface area contributed by atoms with Gasteiger partial charge in [0, 0.05) is 10.7 Å². The number of hydrogen-bond donors (Lipinski definition) is 1. The summed E-state index contributed by atoms with van der Waals surface area (Å²) < 4.78 is 0.978. The smallest absolute Gasteiger partial charge is 0.138 e. The van der Waals surface area contributed by atoms with Gasteiger partial charge in [-0.1, -0.05) is 0 Å². The highest BCUT2D eigenvalue weighted by Gasteiger charge is 2.10. The maximum Gasteiger partial charge on any atom is 0.138 e. The van der Waals surface area contributed by atoms with Gasteiger partial charge in [0.15, 0.2) is 0 Å². The van der Waals surface area contributed by atoms with E-state index in [1.165, 1.54) is 0 Å². The summed E-state index contributed by atoms with van der Waals surface area (Å²) in [5, 5.41) is 6.46. The number of rotatable bonds is 3. The van der Waals surface area contributed by atoms with Crippen molar-refractivity contribution in [3.63, 3.8) is 0 Å². The number of hydrogen-bond acceptors (Lipinski definition) is 5. The summed E-state index contributed by atoms with van der Waals surface area (Å²) in [6, 6.07) is 6.10. The van der Waals surface area contributed by atoms with Gasteiger partial charge in [-0.3, -0.25) is 4.98 Å². The fourth-order valence-corrected chi connectivity index (χ4v) is 2.79. The summed E-state index contributed by atoms with van der Waals surface area (Å²) in [6.07, 6.45) is 3.39. The van der Waals surface area contributed by atoms with E-state index >= 15 is 0 Å². The van der Waals surface area contributed by atoms with Gasteiger partial charge in [0.05, 0.1) is 17.1 Å². The molecule has 0 bridgehead atoms. The van der Waals surface area contributed by atoms with Gasteiger partial charge in [-0.25, -0.2) is 9.97 Å². The second-order valence-corrected chi connectivity index (χ2v) is 5.94. The number of anilines is 1. The molecule has 0 aliphatic carbocycles. The summed E-state index contributed by atoms with van der Waals surface area (Å²) in [7, 11) is 0. The van der Waals surface area contributed by atoms with Crippen LogP contribution in [0.5, 0.6) is 0 Å². The largest absolute Gasteiger partial charge is 0.361 e. The second-order valence-electron chi connectivity index (χ2n) is 4.13. The summed E-state index contributed by atoms with van der Waals surface area (Å²) in [5.74, 6) is 0.850. The zero-order valence-electron chi connectivity index (χ0n) is 10.2. The van der Waals surface area contributed by atoms with Crippen LogP contribution in [0.3, 0.4) is 0 Å². The molecule has 6 heteroatoms. The van der Waals surface area contributed by atoms with Crippen molar-refractivity contribution >= 4 is 43.3 Å². The molecule has 96 valence electrons. The third-order valence-corrected chi connectivity index (χ3v) is 4.10. The Morgan fingerprint density at radius 2 is 2.11 bits per heavy atom. The van der Waals surface area contributed by atoms with Gasteiger partial charge in [0.25, 0.3) is 0 Å². The fourth-order valence-electron chi connectivity index (χ4n) is 1.83. The molecule has 4 nitrogen and oxygen atoms in total. The van der Waals surface area contributed by atoms with E-state index < -0.39 is 0 Å². The van der Waals surface area contributed by atoms with Crippen molar-refractivity contribution in [2.45, 2.75) is 13.0 Å². The molecule has 3 aromatic rings. The Morgan fingerprint density at radius 3 is 2.89 bits per heavy atom. The lowest BCUT2D eigenvalue weighted by molar-refractivity contribution is 0.832. The SMILES string of the molecule is CC(Nc1ncnc2sccc12)c1ccc(Br)cn1. The highest BCUT2D eigenvalue weighted by Crippen LogP contribution is 2.26. The van der Waals surface area contributed by atoms with Crippen LogP contribution in [0.1, 0.15) is 18.7 Å². The van der Waals surface area contributed by atoms with Gasteiger partial charge in [-0.15, -0.1) is 11.3 Å². The van der Waals surface area contributed by atoms with Gasteiger partial charge in [-0.2, -0.15) is 0 Å². The molecule has 0 radical (unpaired) electrons. The van der Waals surface area contributed by atoms with Gasteiger partial charge >= 0.3 is 0 Å². The lowest BCUT2D eigenvalue weighted by Gasteiger charge is -2.14. The Morgan fingerprint density at radius 1 is 1.21 bits per heavy atom. The average molecular weight is 335 g/mol. The maximum absolute atomic E-state index is 4.39. The number of thiophene rings is 1. The van der Waals surface area contributed by atoms with Crippen molar-refractivity contribution in [3.05, 3.63) is 46.3 Å². The number of nitrogens with one attached hydrogen (secondary N) is 1. The van der Waals surface area contributed by atoms with Crippen molar-refractivity contribution in [1.29, 1.82) is 0 Å². The number of pyridine rings is 1. The van der Waals surface area contributed by atoms with Crippen molar-refractivity contribution in [2.75, 3.05) is 5.32 Å². The summed E-state index contributed by atoms with van der Waals surface area (Å²) in [5.41, 5.74) is 0.977. The number of nitrogens with zero attached hydrogens (tertiary/aromatic N) is 3. The molecule has 0 spiro atoms. The lowest BCUT2D eigenvalue weighted by Crippen LogP contribution is -2.09. The van der Waals surface area contributed by atoms with E-state index in [1.807, 2.05) is 23.6 Å². The lowest BCUT2D eigenvalue weighted by atomic mass is 10.2. The number of aromatic nitrogens is 3. The molecule has 0 amide bonds. The first-order valence-corrected chi connectivity index (χ1v) is 7.47. The quantitative estimate of drug-likeness (QED) is 0.785. The van der Waals surface area contributed by atoms with Gasteiger partial charge in [0.2, 0.25) is 0 Å². The predicted molar refractivity (Wildman–Crippen MR) is 81.4 cm³/mol. The van der Waals surface area contributed by atoms with Gasteiger partial charge in [-0.05, 0) is 46.4 Å². The molecule has 0 aromatic carbocycles. The molecule has 0 saturated heterocycles. The van der Waals surface area contributed by atoms with E-state index in [4.69, 9.17) is 0 Å². The van der Waals surface area contributed by atoms with Crippen LogP contribution in [0.4, 0.5) is 5.82 Å². The highest BCUT2D eigenvalue weighted by atomic mass is 79.9. The van der Waals surface area contributed by atoms with Crippen molar-refractivity contribution < 1.29 is 0 Å². The Kier molecular flexibility index (Phi) is 3.44. The first kappa shape index (κ1) is 12.5. The van der Waals surface area contributed by atoms with Crippen LogP contribution in [0.2, 0.25) is 0 Å². The molecule has 1 N–H and O–H groups in total. The summed E-state index contributed by atoms with van der Waals surface area (Å²) in [6.45, 7) is 2.07. The van der Waals surface area contributed by atoms with Crippen molar-refractivity contribution in [3.8, 4) is 0 Å². The van der Waals surface area contributed by atoms with Crippen molar-refractivity contribution in [1.82, 2.24) is 15.0 Å². The molecule has 1 atom stereocenters. The molecule has 0 fully saturated rings. The second kappa shape index (κ2) is 5.22. The highest BCUT2D eigenvalue weighted by molar-refractivity contribution is 9.10. The average Bonchev–Trinajstić information content (AvgIpc) is 2.89. The number of fused-ring (bicyclic) bond motifs is 1. The Hall–Kier alpha value is -1.53. The van der Waals surface area contributed by atoms with Crippen molar-refractivity contribution in [2.24, 2.45) is 0 Å². The van der Waals surface area contributed by atoms with E-state index in [0.29, 0.717) is 0 Å². The summed E-state index contributed by atoms with van der Waals surface area (Å²) >= 11 is 5.00. The molecule has 3 heterocycles. The Bertz CT molecular complexity index is 695.